The molecule has 15 nitrogen and oxygen atoms in total. The molecule has 4 aromatic rings. The van der Waals surface area contributed by atoms with E-state index in [9.17, 15) is 19.2 Å². The van der Waals surface area contributed by atoms with E-state index in [4.69, 9.17) is 33.8 Å². The molecule has 0 bridgehead atoms. The number of aryl methyl sites for hydroxylation is 1. The van der Waals surface area contributed by atoms with Gasteiger partial charge in [-0.25, -0.2) is 0 Å². The van der Waals surface area contributed by atoms with Gasteiger partial charge < -0.3 is 49.5 Å². The summed E-state index contributed by atoms with van der Waals surface area (Å²) in [4.78, 5) is 53.9. The van der Waals surface area contributed by atoms with Crippen molar-refractivity contribution in [3.05, 3.63) is 120 Å². The number of rotatable bonds is 21. The van der Waals surface area contributed by atoms with Gasteiger partial charge in [0.05, 0.1) is 6.04 Å². The first-order chi connectivity index (χ1) is 27.8. The summed E-state index contributed by atoms with van der Waals surface area (Å²) in [5.41, 5.74) is 29.6. The lowest BCUT2D eigenvalue weighted by atomic mass is 9.99. The van der Waals surface area contributed by atoms with Crippen LogP contribution >= 0.6 is 0 Å². The fourth-order valence-corrected chi connectivity index (χ4v) is 6.27. The molecule has 15 heteroatoms. The Labute approximate surface area is 339 Å². The number of hydrogen-bond acceptors (Lipinski definition) is 7. The largest absolute Gasteiger partial charge is 0.370 e. The summed E-state index contributed by atoms with van der Waals surface area (Å²) in [6, 6.07) is 28.9. The van der Waals surface area contributed by atoms with Crippen molar-refractivity contribution in [1.29, 1.82) is 10.8 Å². The van der Waals surface area contributed by atoms with Crippen molar-refractivity contribution >= 4 is 35.5 Å². The molecule has 0 saturated carbocycles. The molecule has 58 heavy (non-hydrogen) atoms. The average molecular weight is 790 g/mol. The topological polar surface area (TPSA) is 280 Å². The van der Waals surface area contributed by atoms with Crippen LogP contribution in [0.1, 0.15) is 42.4 Å². The summed E-state index contributed by atoms with van der Waals surface area (Å²) in [7, 11) is 0. The minimum atomic E-state index is -1.18. The highest BCUT2D eigenvalue weighted by Crippen LogP contribution is 2.22. The minimum absolute atomic E-state index is 0.0503. The van der Waals surface area contributed by atoms with Gasteiger partial charge >= 0.3 is 0 Å². The van der Waals surface area contributed by atoms with Crippen molar-refractivity contribution in [2.75, 3.05) is 13.1 Å². The number of guanidine groups is 2. The Kier molecular flexibility index (Phi) is 16.8. The molecule has 4 atom stereocenters. The first-order valence-corrected chi connectivity index (χ1v) is 19.2. The fourth-order valence-electron chi connectivity index (χ4n) is 6.27. The second-order valence-corrected chi connectivity index (χ2v) is 14.2. The van der Waals surface area contributed by atoms with Crippen LogP contribution in [0.5, 0.6) is 0 Å². The number of benzene rings is 4. The number of nitrogens with two attached hydrogens (primary N) is 4. The van der Waals surface area contributed by atoms with E-state index in [0.29, 0.717) is 12.8 Å². The van der Waals surface area contributed by atoms with Crippen molar-refractivity contribution in [3.63, 3.8) is 0 Å². The summed E-state index contributed by atoms with van der Waals surface area (Å²) >= 11 is 0. The van der Waals surface area contributed by atoms with Crippen LogP contribution in [0, 0.1) is 17.7 Å². The lowest BCUT2D eigenvalue weighted by molar-refractivity contribution is -0.133. The maximum absolute atomic E-state index is 14.1. The van der Waals surface area contributed by atoms with Gasteiger partial charge in [-0.3, -0.25) is 30.0 Å². The highest BCUT2D eigenvalue weighted by molar-refractivity contribution is 5.95. The van der Waals surface area contributed by atoms with Gasteiger partial charge in [0.2, 0.25) is 23.6 Å². The summed E-state index contributed by atoms with van der Waals surface area (Å²) < 4.78 is 0. The molecule has 0 aliphatic heterocycles. The van der Waals surface area contributed by atoms with Crippen LogP contribution in [0.4, 0.5) is 0 Å². The molecule has 4 rings (SSSR count). The van der Waals surface area contributed by atoms with Gasteiger partial charge in [0.25, 0.3) is 0 Å². The lowest BCUT2D eigenvalue weighted by Crippen LogP contribution is -2.58. The van der Waals surface area contributed by atoms with Crippen molar-refractivity contribution in [1.82, 2.24) is 26.6 Å². The van der Waals surface area contributed by atoms with Crippen molar-refractivity contribution in [3.8, 4) is 22.3 Å². The number of carbonyl (C=O) groups is 4. The molecular formula is C43H55N11O4. The summed E-state index contributed by atoms with van der Waals surface area (Å²) in [6.07, 6.45) is 1.25. The Morgan fingerprint density at radius 3 is 1.45 bits per heavy atom. The van der Waals surface area contributed by atoms with Crippen LogP contribution in [-0.4, -0.2) is 72.8 Å². The normalized spacial score (nSPS) is 12.9. The van der Waals surface area contributed by atoms with Gasteiger partial charge in [0.15, 0.2) is 11.9 Å². The van der Waals surface area contributed by atoms with Crippen molar-refractivity contribution in [2.45, 2.75) is 69.6 Å². The van der Waals surface area contributed by atoms with Gasteiger partial charge in [-0.05, 0) is 72.4 Å². The van der Waals surface area contributed by atoms with Crippen LogP contribution in [0.2, 0.25) is 0 Å². The molecule has 0 radical (unpaired) electrons. The van der Waals surface area contributed by atoms with E-state index in [1.807, 2.05) is 110 Å². The van der Waals surface area contributed by atoms with Gasteiger partial charge in [-0.2, -0.15) is 0 Å². The van der Waals surface area contributed by atoms with Gasteiger partial charge in [0.1, 0.15) is 18.1 Å². The first kappa shape index (κ1) is 44.0. The molecule has 306 valence electrons. The maximum atomic E-state index is 14.1. The Bertz CT molecular complexity index is 1990. The van der Waals surface area contributed by atoms with E-state index in [2.05, 4.69) is 26.6 Å². The van der Waals surface area contributed by atoms with E-state index < -0.39 is 47.8 Å². The smallest absolute Gasteiger partial charge is 0.243 e. The van der Waals surface area contributed by atoms with Crippen LogP contribution in [-0.2, 0) is 32.0 Å². The molecule has 15 N–H and O–H groups in total. The maximum Gasteiger partial charge on any atom is 0.243 e. The molecule has 0 aliphatic rings. The van der Waals surface area contributed by atoms with Gasteiger partial charge in [-0.1, -0.05) is 109 Å². The molecule has 4 amide bonds. The van der Waals surface area contributed by atoms with Gasteiger partial charge in [-0.15, -0.1) is 0 Å². The molecular weight excluding hydrogens is 735 g/mol. The number of primary amides is 1. The molecule has 0 fully saturated rings. The predicted molar refractivity (Wildman–Crippen MR) is 227 cm³/mol. The van der Waals surface area contributed by atoms with E-state index in [1.54, 1.807) is 0 Å². The van der Waals surface area contributed by atoms with Crippen molar-refractivity contribution in [2.24, 2.45) is 22.9 Å². The molecule has 0 heterocycles. The zero-order chi connectivity index (χ0) is 42.0. The first-order valence-electron chi connectivity index (χ1n) is 19.2. The Balaban J connectivity index is 1.51. The van der Waals surface area contributed by atoms with Crippen LogP contribution in [0.15, 0.2) is 103 Å². The predicted octanol–water partition coefficient (Wildman–Crippen LogP) is 1.91. The molecule has 0 saturated heterocycles. The molecule has 0 aromatic heterocycles. The summed E-state index contributed by atoms with van der Waals surface area (Å²) in [6.45, 7) is 2.56. The molecule has 0 aliphatic carbocycles. The fraction of sp³-hybridized carbons (Fsp3) is 0.302. The number of carbonyl (C=O) groups excluding carboxylic acids is 4. The Morgan fingerprint density at radius 1 is 0.534 bits per heavy atom. The average Bonchev–Trinajstić information content (AvgIpc) is 3.20. The molecule has 4 aromatic carbocycles. The Hall–Kier alpha value is -6.74. The SMILES string of the molecule is Cc1ccc(-c2ccc(C[C@H](N)C(=O)N[C@@H](CCCNC(=N)N)C(=O)N[C@@H](Cc3ccc(-c4ccccc4)cc3)C(=O)N[C@@H](CCCNC(=N)N)C(N)=O)cc2)cc1. The van der Waals surface area contributed by atoms with Gasteiger partial charge in [0, 0.05) is 19.5 Å². The monoisotopic (exact) mass is 789 g/mol. The third-order valence-corrected chi connectivity index (χ3v) is 9.53. The second-order valence-electron chi connectivity index (χ2n) is 14.2. The lowest BCUT2D eigenvalue weighted by Gasteiger charge is -2.26. The van der Waals surface area contributed by atoms with E-state index in [-0.39, 0.29) is 50.7 Å². The zero-order valence-corrected chi connectivity index (χ0v) is 32.7. The highest BCUT2D eigenvalue weighted by Gasteiger charge is 2.30. The molecule has 0 spiro atoms. The number of nitrogens with one attached hydrogen (secondary N) is 7. The van der Waals surface area contributed by atoms with Crippen LogP contribution < -0.4 is 49.5 Å². The van der Waals surface area contributed by atoms with Crippen LogP contribution in [0.25, 0.3) is 22.3 Å². The quantitative estimate of drug-likeness (QED) is 0.0334. The number of amides is 4. The summed E-state index contributed by atoms with van der Waals surface area (Å²) in [5.74, 6) is -3.10. The highest BCUT2D eigenvalue weighted by atomic mass is 16.2. The molecule has 0 unspecified atom stereocenters. The standard InChI is InChI=1S/C43H55N11O4/c1-27-11-17-31(18-12-27)33-19-13-28(14-20-33)25-34(44)39(56)53-36(10-6-24-51-43(48)49)40(57)54-37(41(58)52-35(38(45)55)9-5-23-50-42(46)47)26-29-15-21-32(22-16-29)30-7-3-2-4-8-30/h2-4,7-8,11-22,34-37H,5-6,9-10,23-26,44H2,1H3,(H2,45,55)(H,52,58)(H,53,56)(H,54,57)(H4,46,47,50)(H4,48,49,51)/t34-,35-,36-,37-/m0/s1. The van der Waals surface area contributed by atoms with E-state index >= 15 is 0 Å². The van der Waals surface area contributed by atoms with Crippen LogP contribution in [0.3, 0.4) is 0 Å². The number of hydrogen-bond donors (Lipinski definition) is 11. The minimum Gasteiger partial charge on any atom is -0.370 e. The van der Waals surface area contributed by atoms with Crippen molar-refractivity contribution < 1.29 is 19.2 Å². The zero-order valence-electron chi connectivity index (χ0n) is 32.7. The van der Waals surface area contributed by atoms with E-state index in [1.165, 1.54) is 0 Å². The third kappa shape index (κ3) is 14.4. The summed E-state index contributed by atoms with van der Waals surface area (Å²) in [5, 5.41) is 28.4. The van der Waals surface area contributed by atoms with E-state index in [0.717, 1.165) is 38.9 Å². The Morgan fingerprint density at radius 2 is 0.948 bits per heavy atom. The second kappa shape index (κ2) is 22.1. The third-order valence-electron chi connectivity index (χ3n) is 9.53.